The van der Waals surface area contributed by atoms with Crippen LogP contribution < -0.4 is 0 Å². The van der Waals surface area contributed by atoms with E-state index in [-0.39, 0.29) is 15.6 Å². The first-order valence-electron chi connectivity index (χ1n) is 5.98. The lowest BCUT2D eigenvalue weighted by atomic mass is 10.5. The Hall–Kier alpha value is -1.65. The predicted octanol–water partition coefficient (Wildman–Crippen LogP) is 0.774. The average Bonchev–Trinajstić information content (AvgIpc) is 2.84. The van der Waals surface area contributed by atoms with Crippen molar-refractivity contribution in [1.29, 1.82) is 5.26 Å². The van der Waals surface area contributed by atoms with Crippen molar-refractivity contribution < 1.29 is 14.2 Å². The molecule has 0 bridgehead atoms. The fraction of sp³-hybridized carbons (Fsp3) is 0.455. The van der Waals surface area contributed by atoms with Gasteiger partial charge in [0.15, 0.2) is 14.7 Å². The molecule has 0 aliphatic carbocycles. The summed E-state index contributed by atoms with van der Waals surface area (Å²) in [6.07, 6.45) is 3.40. The highest BCUT2D eigenvalue weighted by Crippen LogP contribution is 2.16. The molecule has 20 heavy (non-hydrogen) atoms. The Morgan fingerprint density at radius 3 is 3.05 bits per heavy atom. The van der Waals surface area contributed by atoms with Gasteiger partial charge in [-0.05, 0) is 0 Å². The molecular formula is C11H14N5O3P. The fourth-order valence-corrected chi connectivity index (χ4v) is 2.08. The van der Waals surface area contributed by atoms with Crippen LogP contribution in [0.15, 0.2) is 12.5 Å². The van der Waals surface area contributed by atoms with Crippen LogP contribution in [-0.4, -0.2) is 37.8 Å². The van der Waals surface area contributed by atoms with Crippen molar-refractivity contribution in [1.82, 2.24) is 19.5 Å². The minimum Gasteiger partial charge on any atom is -0.388 e. The van der Waals surface area contributed by atoms with Gasteiger partial charge in [0.05, 0.1) is 31.9 Å². The Balaban J connectivity index is 1.88. The molecule has 9 heteroatoms. The van der Waals surface area contributed by atoms with Crippen LogP contribution >= 0.6 is 9.03 Å². The van der Waals surface area contributed by atoms with Gasteiger partial charge in [0, 0.05) is 6.54 Å². The normalized spacial score (nSPS) is 11.4. The molecule has 0 fully saturated rings. The van der Waals surface area contributed by atoms with Gasteiger partial charge >= 0.3 is 0 Å². The maximum absolute atomic E-state index is 9.29. The van der Waals surface area contributed by atoms with Gasteiger partial charge in [-0.15, -0.1) is 0 Å². The number of fused-ring (bicyclic) bond motifs is 1. The van der Waals surface area contributed by atoms with Crippen molar-refractivity contribution in [2.24, 2.45) is 0 Å². The molecule has 106 valence electrons. The van der Waals surface area contributed by atoms with E-state index in [4.69, 9.17) is 14.3 Å². The highest BCUT2D eigenvalue weighted by Gasteiger charge is 2.10. The second-order valence-corrected chi connectivity index (χ2v) is 4.50. The number of aliphatic hydroxyl groups is 1. The zero-order chi connectivity index (χ0) is 14.2. The SMILES string of the molecule is N#CCCOPOCCn1c(CO)nc2cncnc21. The van der Waals surface area contributed by atoms with Crippen LogP contribution in [-0.2, 0) is 22.2 Å². The Labute approximate surface area is 117 Å². The Bertz CT molecular complexity index is 597. The number of hydrogen-bond donors (Lipinski definition) is 1. The molecule has 8 nitrogen and oxygen atoms in total. The molecule has 1 atom stereocenters. The molecule has 2 aromatic heterocycles. The molecule has 0 spiro atoms. The van der Waals surface area contributed by atoms with Crippen molar-refractivity contribution in [3.05, 3.63) is 18.3 Å². The number of aromatic nitrogens is 4. The molecule has 0 aliphatic heterocycles. The Morgan fingerprint density at radius 2 is 2.25 bits per heavy atom. The lowest BCUT2D eigenvalue weighted by Gasteiger charge is -2.07. The van der Waals surface area contributed by atoms with Crippen molar-refractivity contribution >= 4 is 20.2 Å². The Kier molecular flexibility index (Phi) is 5.77. The first-order chi connectivity index (χ1) is 9.86. The van der Waals surface area contributed by atoms with Crippen molar-refractivity contribution in [2.75, 3.05) is 13.2 Å². The molecule has 0 aliphatic rings. The molecule has 0 saturated heterocycles. The minimum atomic E-state index is -0.169. The van der Waals surface area contributed by atoms with Crippen LogP contribution in [0, 0.1) is 11.3 Å². The second kappa shape index (κ2) is 7.82. The van der Waals surface area contributed by atoms with Crippen LogP contribution in [0.2, 0.25) is 0 Å². The van der Waals surface area contributed by atoms with Crippen LogP contribution in [0.4, 0.5) is 0 Å². The fourth-order valence-electron chi connectivity index (χ4n) is 1.64. The summed E-state index contributed by atoms with van der Waals surface area (Å²) in [5.74, 6) is 0.526. The van der Waals surface area contributed by atoms with Gasteiger partial charge in [-0.1, -0.05) is 0 Å². The highest BCUT2D eigenvalue weighted by atomic mass is 31.1. The lowest BCUT2D eigenvalue weighted by molar-refractivity contribution is 0.246. The third kappa shape index (κ3) is 3.68. The monoisotopic (exact) mass is 295 g/mol. The largest absolute Gasteiger partial charge is 0.388 e. The van der Waals surface area contributed by atoms with E-state index >= 15 is 0 Å². The smallest absolute Gasteiger partial charge is 0.163 e. The maximum atomic E-state index is 9.29. The van der Waals surface area contributed by atoms with E-state index in [1.807, 2.05) is 6.07 Å². The first kappa shape index (κ1) is 14.8. The molecule has 2 heterocycles. The summed E-state index contributed by atoms with van der Waals surface area (Å²) in [4.78, 5) is 12.3. The molecule has 2 rings (SSSR count). The lowest BCUT2D eigenvalue weighted by Crippen LogP contribution is -2.08. The van der Waals surface area contributed by atoms with Crippen molar-refractivity contribution in [3.8, 4) is 6.07 Å². The van der Waals surface area contributed by atoms with E-state index in [9.17, 15) is 5.11 Å². The second-order valence-electron chi connectivity index (χ2n) is 3.76. The molecule has 0 aromatic carbocycles. The standard InChI is InChI=1S/C11H14N5O3P/c12-2-1-4-18-20-19-5-3-16-10(7-17)15-9-6-13-8-14-11(9)16/h6,8,17,20H,1,3-5,7H2. The molecule has 0 amide bonds. The number of hydrogen-bond acceptors (Lipinski definition) is 7. The van der Waals surface area contributed by atoms with Crippen molar-refractivity contribution in [3.63, 3.8) is 0 Å². The summed E-state index contributed by atoms with van der Waals surface area (Å²) in [5, 5.41) is 17.6. The van der Waals surface area contributed by atoms with E-state index < -0.39 is 0 Å². The van der Waals surface area contributed by atoms with Gasteiger partial charge in [0.2, 0.25) is 0 Å². The Morgan fingerprint density at radius 1 is 1.40 bits per heavy atom. The molecule has 0 radical (unpaired) electrons. The third-order valence-electron chi connectivity index (χ3n) is 2.48. The van der Waals surface area contributed by atoms with Crippen LogP contribution in [0.3, 0.4) is 0 Å². The van der Waals surface area contributed by atoms with Gasteiger partial charge in [-0.25, -0.2) is 15.0 Å². The quantitative estimate of drug-likeness (QED) is 0.566. The predicted molar refractivity (Wildman–Crippen MR) is 71.7 cm³/mol. The van der Waals surface area contributed by atoms with Gasteiger partial charge in [-0.3, -0.25) is 0 Å². The van der Waals surface area contributed by atoms with Crippen LogP contribution in [0.1, 0.15) is 12.2 Å². The molecule has 2 aromatic rings. The number of nitrogens with zero attached hydrogens (tertiary/aromatic N) is 5. The van der Waals surface area contributed by atoms with Gasteiger partial charge < -0.3 is 18.7 Å². The molecular weight excluding hydrogens is 281 g/mol. The molecule has 1 N–H and O–H groups in total. The van der Waals surface area contributed by atoms with Gasteiger partial charge in [-0.2, -0.15) is 5.26 Å². The third-order valence-corrected chi connectivity index (χ3v) is 3.13. The summed E-state index contributed by atoms with van der Waals surface area (Å²) in [6.45, 7) is 1.13. The zero-order valence-corrected chi connectivity index (χ0v) is 11.7. The summed E-state index contributed by atoms with van der Waals surface area (Å²) in [7, 11) is -0.102. The van der Waals surface area contributed by atoms with Gasteiger partial charge in [0.1, 0.15) is 24.3 Å². The minimum absolute atomic E-state index is 0.102. The van der Waals surface area contributed by atoms with Crippen LogP contribution in [0.25, 0.3) is 11.2 Å². The van der Waals surface area contributed by atoms with E-state index in [0.717, 1.165) is 0 Å². The zero-order valence-electron chi connectivity index (χ0n) is 10.7. The van der Waals surface area contributed by atoms with Gasteiger partial charge in [0.25, 0.3) is 0 Å². The number of aliphatic hydroxyl groups excluding tert-OH is 1. The van der Waals surface area contributed by atoms with E-state index in [1.165, 1.54) is 6.33 Å². The molecule has 0 saturated carbocycles. The van der Waals surface area contributed by atoms with Crippen molar-refractivity contribution in [2.45, 2.75) is 19.6 Å². The van der Waals surface area contributed by atoms with E-state index in [2.05, 4.69) is 15.0 Å². The summed E-state index contributed by atoms with van der Waals surface area (Å²) in [6, 6.07) is 1.99. The topological polar surface area (TPSA) is 106 Å². The van der Waals surface area contributed by atoms with E-state index in [0.29, 0.717) is 43.2 Å². The average molecular weight is 295 g/mol. The summed E-state index contributed by atoms with van der Waals surface area (Å²) >= 11 is 0. The number of imidazole rings is 1. The first-order valence-corrected chi connectivity index (χ1v) is 6.80. The highest BCUT2D eigenvalue weighted by molar-refractivity contribution is 7.26. The number of rotatable bonds is 8. The summed E-state index contributed by atoms with van der Waals surface area (Å²) in [5.41, 5.74) is 1.31. The van der Waals surface area contributed by atoms with Crippen LogP contribution in [0.5, 0.6) is 0 Å². The van der Waals surface area contributed by atoms with E-state index in [1.54, 1.807) is 10.8 Å². The molecule has 1 unspecified atom stereocenters. The maximum Gasteiger partial charge on any atom is 0.163 e. The summed E-state index contributed by atoms with van der Waals surface area (Å²) < 4.78 is 12.2. The number of nitriles is 1.